The van der Waals surface area contributed by atoms with Gasteiger partial charge < -0.3 is 10.1 Å². The fourth-order valence-electron chi connectivity index (χ4n) is 1.15. The van der Waals surface area contributed by atoms with Crippen molar-refractivity contribution in [2.75, 3.05) is 38.8 Å². The summed E-state index contributed by atoms with van der Waals surface area (Å²) in [5.74, 6) is 0.733. The van der Waals surface area contributed by atoms with Crippen molar-refractivity contribution in [3.05, 3.63) is 0 Å². The van der Waals surface area contributed by atoms with Crippen LogP contribution in [0.3, 0.4) is 0 Å². The van der Waals surface area contributed by atoms with E-state index in [0.29, 0.717) is 12.3 Å². The van der Waals surface area contributed by atoms with E-state index in [2.05, 4.69) is 12.2 Å². The van der Waals surface area contributed by atoms with Gasteiger partial charge in [0.2, 0.25) is 0 Å². The van der Waals surface area contributed by atoms with Crippen molar-refractivity contribution < 1.29 is 13.2 Å². The number of hydrogen-bond donors (Lipinski definition) is 1. The van der Waals surface area contributed by atoms with Crippen LogP contribution in [0.4, 0.5) is 0 Å². The quantitative estimate of drug-likeness (QED) is 0.601. The van der Waals surface area contributed by atoms with Gasteiger partial charge in [0, 0.05) is 20.0 Å². The Morgan fingerprint density at radius 3 is 2.57 bits per heavy atom. The van der Waals surface area contributed by atoms with Crippen molar-refractivity contribution in [2.45, 2.75) is 13.3 Å². The van der Waals surface area contributed by atoms with Gasteiger partial charge in [-0.05, 0) is 25.4 Å². The lowest BCUT2D eigenvalue weighted by atomic mass is 10.2. The molecule has 1 atom stereocenters. The van der Waals surface area contributed by atoms with Gasteiger partial charge in [0.15, 0.2) is 0 Å². The molecule has 0 heterocycles. The Balaban J connectivity index is 3.30. The van der Waals surface area contributed by atoms with Gasteiger partial charge in [-0.15, -0.1) is 0 Å². The second-order valence-corrected chi connectivity index (χ2v) is 6.01. The summed E-state index contributed by atoms with van der Waals surface area (Å²) in [5.41, 5.74) is 0. The molecule has 0 aromatic carbocycles. The molecule has 0 spiro atoms. The Kier molecular flexibility index (Phi) is 7.13. The second-order valence-electron chi connectivity index (χ2n) is 3.75. The van der Waals surface area contributed by atoms with Crippen molar-refractivity contribution in [1.82, 2.24) is 5.32 Å². The first-order valence-electron chi connectivity index (χ1n) is 4.83. The lowest BCUT2D eigenvalue weighted by Gasteiger charge is -2.10. The monoisotopic (exact) mass is 223 g/mol. The van der Waals surface area contributed by atoms with Crippen molar-refractivity contribution >= 4 is 9.84 Å². The zero-order valence-electron chi connectivity index (χ0n) is 9.25. The normalized spacial score (nSPS) is 14.2. The lowest BCUT2D eigenvalue weighted by Crippen LogP contribution is -2.25. The fourth-order valence-corrected chi connectivity index (χ4v) is 1.82. The van der Waals surface area contributed by atoms with E-state index in [1.165, 1.54) is 6.26 Å². The standard InChI is InChI=1S/C9H21NO3S/c1-9(8-13-2)7-10-5-4-6-14(3,11)12/h9-10H,4-8H2,1-3H3. The van der Waals surface area contributed by atoms with Crippen LogP contribution in [-0.4, -0.2) is 47.2 Å². The Bertz CT molecular complexity index is 226. The molecule has 0 rings (SSSR count). The average Bonchev–Trinajstić information content (AvgIpc) is 2.02. The first-order chi connectivity index (χ1) is 6.45. The van der Waals surface area contributed by atoms with E-state index in [-0.39, 0.29) is 5.75 Å². The minimum atomic E-state index is -2.80. The second kappa shape index (κ2) is 7.20. The molecule has 86 valence electrons. The highest BCUT2D eigenvalue weighted by Crippen LogP contribution is 1.92. The van der Waals surface area contributed by atoms with Gasteiger partial charge in [0.1, 0.15) is 9.84 Å². The molecule has 0 saturated heterocycles. The van der Waals surface area contributed by atoms with E-state index in [1.54, 1.807) is 7.11 Å². The molecule has 5 heteroatoms. The maximum atomic E-state index is 10.8. The summed E-state index contributed by atoms with van der Waals surface area (Å²) < 4.78 is 26.5. The summed E-state index contributed by atoms with van der Waals surface area (Å²) >= 11 is 0. The van der Waals surface area contributed by atoms with Crippen LogP contribution in [0.25, 0.3) is 0 Å². The largest absolute Gasteiger partial charge is 0.384 e. The zero-order chi connectivity index (χ0) is 11.0. The molecule has 0 aromatic rings. The van der Waals surface area contributed by atoms with E-state index in [9.17, 15) is 8.42 Å². The number of ether oxygens (including phenoxy) is 1. The van der Waals surface area contributed by atoms with Crippen LogP contribution in [0.15, 0.2) is 0 Å². The van der Waals surface area contributed by atoms with E-state index >= 15 is 0 Å². The Morgan fingerprint density at radius 2 is 2.07 bits per heavy atom. The van der Waals surface area contributed by atoms with Gasteiger partial charge in [0.25, 0.3) is 0 Å². The molecule has 0 aromatic heterocycles. The van der Waals surface area contributed by atoms with Crippen molar-refractivity contribution in [3.63, 3.8) is 0 Å². The topological polar surface area (TPSA) is 55.4 Å². The number of methoxy groups -OCH3 is 1. The highest BCUT2D eigenvalue weighted by molar-refractivity contribution is 7.90. The summed E-state index contributed by atoms with van der Waals surface area (Å²) in [6.45, 7) is 4.45. The van der Waals surface area contributed by atoms with E-state index in [4.69, 9.17) is 4.74 Å². The highest BCUT2D eigenvalue weighted by atomic mass is 32.2. The third kappa shape index (κ3) is 9.95. The van der Waals surface area contributed by atoms with Crippen LogP contribution in [0, 0.1) is 5.92 Å². The summed E-state index contributed by atoms with van der Waals surface area (Å²) in [4.78, 5) is 0. The number of hydrogen-bond acceptors (Lipinski definition) is 4. The van der Waals surface area contributed by atoms with E-state index < -0.39 is 9.84 Å². The molecule has 1 N–H and O–H groups in total. The molecule has 0 radical (unpaired) electrons. The Morgan fingerprint density at radius 1 is 1.43 bits per heavy atom. The molecular formula is C9H21NO3S. The van der Waals surface area contributed by atoms with Crippen LogP contribution in [-0.2, 0) is 14.6 Å². The molecular weight excluding hydrogens is 202 g/mol. The van der Waals surface area contributed by atoms with Crippen LogP contribution in [0.5, 0.6) is 0 Å². The Hall–Kier alpha value is -0.130. The van der Waals surface area contributed by atoms with Crippen LogP contribution in [0.1, 0.15) is 13.3 Å². The zero-order valence-corrected chi connectivity index (χ0v) is 10.1. The fraction of sp³-hybridized carbons (Fsp3) is 1.00. The van der Waals surface area contributed by atoms with E-state index in [1.807, 2.05) is 0 Å². The van der Waals surface area contributed by atoms with Gasteiger partial charge in [0.05, 0.1) is 5.75 Å². The van der Waals surface area contributed by atoms with Gasteiger partial charge in [-0.2, -0.15) is 0 Å². The molecule has 0 amide bonds. The maximum absolute atomic E-state index is 10.8. The summed E-state index contributed by atoms with van der Waals surface area (Å²) in [7, 11) is -1.12. The van der Waals surface area contributed by atoms with Crippen LogP contribution >= 0.6 is 0 Å². The summed E-state index contributed by atoms with van der Waals surface area (Å²) in [5, 5.41) is 3.20. The molecule has 0 bridgehead atoms. The maximum Gasteiger partial charge on any atom is 0.147 e. The third-order valence-corrected chi connectivity index (χ3v) is 2.84. The predicted molar refractivity (Wildman–Crippen MR) is 58.2 cm³/mol. The molecule has 0 saturated carbocycles. The molecule has 0 aliphatic carbocycles. The molecule has 1 unspecified atom stereocenters. The first-order valence-corrected chi connectivity index (χ1v) is 6.89. The number of rotatable bonds is 8. The molecule has 0 aliphatic rings. The molecule has 14 heavy (non-hydrogen) atoms. The third-order valence-electron chi connectivity index (χ3n) is 1.81. The van der Waals surface area contributed by atoms with Gasteiger partial charge in [-0.25, -0.2) is 8.42 Å². The lowest BCUT2D eigenvalue weighted by molar-refractivity contribution is 0.158. The number of sulfone groups is 1. The number of nitrogens with one attached hydrogen (secondary N) is 1. The predicted octanol–water partition coefficient (Wildman–Crippen LogP) is 0.293. The van der Waals surface area contributed by atoms with E-state index in [0.717, 1.165) is 19.7 Å². The minimum Gasteiger partial charge on any atom is -0.384 e. The molecule has 0 aliphatic heterocycles. The van der Waals surface area contributed by atoms with Gasteiger partial charge in [-0.1, -0.05) is 6.92 Å². The summed E-state index contributed by atoms with van der Waals surface area (Å²) in [6, 6.07) is 0. The molecule has 0 fully saturated rings. The average molecular weight is 223 g/mol. The molecule has 4 nitrogen and oxygen atoms in total. The highest BCUT2D eigenvalue weighted by Gasteiger charge is 2.02. The first kappa shape index (κ1) is 13.9. The van der Waals surface area contributed by atoms with Crippen molar-refractivity contribution in [2.24, 2.45) is 5.92 Å². The van der Waals surface area contributed by atoms with Gasteiger partial charge >= 0.3 is 0 Å². The van der Waals surface area contributed by atoms with Crippen molar-refractivity contribution in [1.29, 1.82) is 0 Å². The van der Waals surface area contributed by atoms with Crippen molar-refractivity contribution in [3.8, 4) is 0 Å². The minimum absolute atomic E-state index is 0.263. The van der Waals surface area contributed by atoms with Crippen LogP contribution in [0.2, 0.25) is 0 Å². The smallest absolute Gasteiger partial charge is 0.147 e. The van der Waals surface area contributed by atoms with Gasteiger partial charge in [-0.3, -0.25) is 0 Å². The SMILES string of the molecule is COCC(C)CNCCCS(C)(=O)=O. The summed E-state index contributed by atoms with van der Waals surface area (Å²) in [6.07, 6.45) is 1.94. The Labute approximate surface area is 86.9 Å². The van der Waals surface area contributed by atoms with Crippen LogP contribution < -0.4 is 5.32 Å².